The normalized spacial score (nSPS) is 12.3. The lowest BCUT2D eigenvalue weighted by atomic mass is 10.1. The van der Waals surface area contributed by atoms with Crippen LogP contribution < -0.4 is 10.1 Å². The highest BCUT2D eigenvalue weighted by Crippen LogP contribution is 2.22. The average molecular weight is 305 g/mol. The lowest BCUT2D eigenvalue weighted by Crippen LogP contribution is -2.20. The maximum Gasteiger partial charge on any atom is 0.218 e. The molecule has 5 heteroatoms. The largest absolute Gasteiger partial charge is 0.477 e. The van der Waals surface area contributed by atoms with Crippen molar-refractivity contribution in [3.05, 3.63) is 40.0 Å². The average Bonchev–Trinajstić information content (AvgIpc) is 2.91. The van der Waals surface area contributed by atoms with Crippen LogP contribution >= 0.6 is 11.3 Å². The first-order chi connectivity index (χ1) is 10.2. The zero-order chi connectivity index (χ0) is 15.1. The van der Waals surface area contributed by atoms with E-state index < -0.39 is 0 Å². The van der Waals surface area contributed by atoms with E-state index in [2.05, 4.69) is 35.2 Å². The number of nitrogens with zero attached hydrogens (tertiary/aromatic N) is 2. The molecule has 0 aliphatic heterocycles. The van der Waals surface area contributed by atoms with Gasteiger partial charge in [0.2, 0.25) is 5.88 Å². The van der Waals surface area contributed by atoms with E-state index in [0.717, 1.165) is 36.5 Å². The number of aryl methyl sites for hydroxylation is 1. The molecule has 2 aromatic rings. The van der Waals surface area contributed by atoms with Crippen molar-refractivity contribution in [2.45, 2.75) is 39.7 Å². The Balaban J connectivity index is 1.95. The van der Waals surface area contributed by atoms with Gasteiger partial charge in [-0.1, -0.05) is 13.0 Å². The van der Waals surface area contributed by atoms with Gasteiger partial charge in [-0.3, -0.25) is 0 Å². The molecule has 0 amide bonds. The third kappa shape index (κ3) is 4.51. The van der Waals surface area contributed by atoms with Gasteiger partial charge >= 0.3 is 0 Å². The van der Waals surface area contributed by atoms with Gasteiger partial charge < -0.3 is 10.1 Å². The second kappa shape index (κ2) is 8.10. The number of aromatic nitrogens is 2. The topological polar surface area (TPSA) is 47.0 Å². The number of pyridine rings is 1. The first-order valence-electron chi connectivity index (χ1n) is 7.42. The highest BCUT2D eigenvalue weighted by Gasteiger charge is 2.12. The van der Waals surface area contributed by atoms with Crippen molar-refractivity contribution in [3.63, 3.8) is 0 Å². The second-order valence-electron chi connectivity index (χ2n) is 5.03. The molecule has 1 unspecified atom stereocenters. The Hall–Kier alpha value is -1.46. The zero-order valence-electron chi connectivity index (χ0n) is 12.9. The van der Waals surface area contributed by atoms with Crippen molar-refractivity contribution in [1.29, 1.82) is 0 Å². The molecule has 0 bridgehead atoms. The Labute approximate surface area is 130 Å². The highest BCUT2D eigenvalue weighted by molar-refractivity contribution is 7.09. The van der Waals surface area contributed by atoms with E-state index in [9.17, 15) is 0 Å². The molecule has 4 nitrogen and oxygen atoms in total. The molecule has 21 heavy (non-hydrogen) atoms. The predicted octanol–water partition coefficient (Wildman–Crippen LogP) is 3.53. The van der Waals surface area contributed by atoms with E-state index in [1.54, 1.807) is 17.5 Å². The number of nitrogens with one attached hydrogen (secondary N) is 1. The summed E-state index contributed by atoms with van der Waals surface area (Å²) in [6, 6.07) is 4.28. The number of thiazole rings is 1. The summed E-state index contributed by atoms with van der Waals surface area (Å²) >= 11 is 1.68. The van der Waals surface area contributed by atoms with Crippen molar-refractivity contribution in [2.24, 2.45) is 0 Å². The molecular formula is C16H23N3OS. The van der Waals surface area contributed by atoms with Crippen LogP contribution in [0.4, 0.5) is 0 Å². The second-order valence-corrected chi connectivity index (χ2v) is 5.97. The molecule has 2 rings (SSSR count). The van der Waals surface area contributed by atoms with Gasteiger partial charge in [0.05, 0.1) is 17.8 Å². The van der Waals surface area contributed by atoms with E-state index in [1.807, 2.05) is 18.5 Å². The third-order valence-corrected chi connectivity index (χ3v) is 4.38. The molecule has 2 heterocycles. The van der Waals surface area contributed by atoms with Crippen LogP contribution in [0.5, 0.6) is 5.88 Å². The molecule has 0 aliphatic rings. The van der Waals surface area contributed by atoms with Crippen LogP contribution in [0.2, 0.25) is 0 Å². The minimum absolute atomic E-state index is 0.249. The van der Waals surface area contributed by atoms with Crippen LogP contribution in [0.3, 0.4) is 0 Å². The first kappa shape index (κ1) is 15.9. The molecule has 0 aromatic carbocycles. The summed E-state index contributed by atoms with van der Waals surface area (Å²) in [5, 5.41) is 3.47. The molecule has 0 radical (unpaired) electrons. The van der Waals surface area contributed by atoms with Gasteiger partial charge in [0, 0.05) is 29.1 Å². The maximum absolute atomic E-state index is 5.89. The molecular weight excluding hydrogens is 282 g/mol. The summed E-state index contributed by atoms with van der Waals surface area (Å²) in [7, 11) is 0. The number of ether oxygens (including phenoxy) is 1. The van der Waals surface area contributed by atoms with E-state index in [1.165, 1.54) is 4.88 Å². The predicted molar refractivity (Wildman–Crippen MR) is 87.0 cm³/mol. The van der Waals surface area contributed by atoms with Gasteiger partial charge in [0.15, 0.2) is 0 Å². The molecule has 0 saturated heterocycles. The van der Waals surface area contributed by atoms with Gasteiger partial charge in [-0.05, 0) is 32.9 Å². The summed E-state index contributed by atoms with van der Waals surface area (Å²) in [6.07, 6.45) is 3.78. The SMILES string of the molecule is CCCNC(C)c1cccnc1OCCc1scnc1C. The Morgan fingerprint density at radius 2 is 2.24 bits per heavy atom. The van der Waals surface area contributed by atoms with E-state index >= 15 is 0 Å². The molecule has 2 aromatic heterocycles. The lowest BCUT2D eigenvalue weighted by molar-refractivity contribution is 0.303. The number of hydrogen-bond acceptors (Lipinski definition) is 5. The smallest absolute Gasteiger partial charge is 0.218 e. The molecule has 1 N–H and O–H groups in total. The summed E-state index contributed by atoms with van der Waals surface area (Å²) in [6.45, 7) is 7.97. The fourth-order valence-corrected chi connectivity index (χ4v) is 2.89. The molecule has 0 aliphatic carbocycles. The highest BCUT2D eigenvalue weighted by atomic mass is 32.1. The zero-order valence-corrected chi connectivity index (χ0v) is 13.7. The Kier molecular flexibility index (Phi) is 6.14. The van der Waals surface area contributed by atoms with Gasteiger partial charge in [-0.2, -0.15) is 0 Å². The summed E-state index contributed by atoms with van der Waals surface area (Å²) in [5.41, 5.74) is 4.10. The van der Waals surface area contributed by atoms with Gasteiger partial charge in [0.25, 0.3) is 0 Å². The minimum Gasteiger partial charge on any atom is -0.477 e. The minimum atomic E-state index is 0.249. The van der Waals surface area contributed by atoms with Crippen molar-refractivity contribution < 1.29 is 4.74 Å². The van der Waals surface area contributed by atoms with Crippen molar-refractivity contribution in [3.8, 4) is 5.88 Å². The van der Waals surface area contributed by atoms with Crippen LogP contribution in [0.1, 0.15) is 42.4 Å². The van der Waals surface area contributed by atoms with Gasteiger partial charge in [-0.15, -0.1) is 11.3 Å². The fraction of sp³-hybridized carbons (Fsp3) is 0.500. The van der Waals surface area contributed by atoms with Crippen molar-refractivity contribution in [2.75, 3.05) is 13.2 Å². The molecule has 114 valence electrons. The van der Waals surface area contributed by atoms with E-state index in [-0.39, 0.29) is 6.04 Å². The first-order valence-corrected chi connectivity index (χ1v) is 8.30. The van der Waals surface area contributed by atoms with Crippen LogP contribution in [-0.2, 0) is 6.42 Å². The standard InChI is InChI=1S/C16H23N3OS/c1-4-8-17-12(2)14-6-5-9-18-16(14)20-10-7-15-13(3)19-11-21-15/h5-6,9,11-12,17H,4,7-8,10H2,1-3H3. The Morgan fingerprint density at radius 3 is 2.95 bits per heavy atom. The lowest BCUT2D eigenvalue weighted by Gasteiger charge is -2.17. The summed E-state index contributed by atoms with van der Waals surface area (Å²) in [5.74, 6) is 0.732. The Bertz CT molecular complexity index is 556. The van der Waals surface area contributed by atoms with Gasteiger partial charge in [0.1, 0.15) is 0 Å². The molecule has 0 spiro atoms. The van der Waals surface area contributed by atoms with E-state index in [4.69, 9.17) is 4.74 Å². The number of hydrogen-bond donors (Lipinski definition) is 1. The van der Waals surface area contributed by atoms with Crippen LogP contribution in [0, 0.1) is 6.92 Å². The maximum atomic E-state index is 5.89. The summed E-state index contributed by atoms with van der Waals surface area (Å²) < 4.78 is 5.89. The third-order valence-electron chi connectivity index (χ3n) is 3.38. The Morgan fingerprint density at radius 1 is 1.38 bits per heavy atom. The van der Waals surface area contributed by atoms with E-state index in [0.29, 0.717) is 6.61 Å². The van der Waals surface area contributed by atoms with Gasteiger partial charge in [-0.25, -0.2) is 9.97 Å². The summed E-state index contributed by atoms with van der Waals surface area (Å²) in [4.78, 5) is 9.92. The molecule has 0 fully saturated rings. The van der Waals surface area contributed by atoms with Crippen LogP contribution in [-0.4, -0.2) is 23.1 Å². The van der Waals surface area contributed by atoms with Crippen LogP contribution in [0.15, 0.2) is 23.8 Å². The monoisotopic (exact) mass is 305 g/mol. The molecule has 1 atom stereocenters. The fourth-order valence-electron chi connectivity index (χ4n) is 2.13. The number of rotatable bonds is 8. The molecule has 0 saturated carbocycles. The quantitative estimate of drug-likeness (QED) is 0.810. The van der Waals surface area contributed by atoms with Crippen molar-refractivity contribution in [1.82, 2.24) is 15.3 Å². The van der Waals surface area contributed by atoms with Crippen LogP contribution in [0.25, 0.3) is 0 Å². The van der Waals surface area contributed by atoms with Crippen molar-refractivity contribution >= 4 is 11.3 Å².